The Hall–Kier alpha value is -1.87. The Balaban J connectivity index is 2.00. The van der Waals surface area contributed by atoms with Gasteiger partial charge < -0.3 is 4.90 Å². The molecule has 0 aliphatic heterocycles. The van der Waals surface area contributed by atoms with Gasteiger partial charge in [0.15, 0.2) is 0 Å². The number of likely N-dealkylation sites (N-methyl/N-ethyl adjacent to an activating group) is 1. The number of hydrogen-bond acceptors (Lipinski definition) is 1. The van der Waals surface area contributed by atoms with E-state index in [-0.39, 0.29) is 12.3 Å². The molecule has 21 heavy (non-hydrogen) atoms. The number of nitrogens with zero attached hydrogens (tertiary/aromatic N) is 1. The van der Waals surface area contributed by atoms with Crippen LogP contribution in [0.4, 0.5) is 4.39 Å². The van der Waals surface area contributed by atoms with Crippen LogP contribution in [0.3, 0.4) is 0 Å². The van der Waals surface area contributed by atoms with Crippen LogP contribution < -0.4 is 0 Å². The van der Waals surface area contributed by atoms with Gasteiger partial charge in [0, 0.05) is 18.6 Å². The molecule has 0 heterocycles. The lowest BCUT2D eigenvalue weighted by atomic mass is 10.1. The maximum absolute atomic E-state index is 13.7. The first-order valence-corrected chi connectivity index (χ1v) is 7.07. The number of aryl methyl sites for hydroxylation is 1. The quantitative estimate of drug-likeness (QED) is 0.836. The highest BCUT2D eigenvalue weighted by Gasteiger charge is 2.13. The molecule has 0 N–H and O–H groups in total. The zero-order valence-corrected chi connectivity index (χ0v) is 12.8. The summed E-state index contributed by atoms with van der Waals surface area (Å²) in [4.78, 5) is 13.7. The highest BCUT2D eigenvalue weighted by molar-refractivity contribution is 6.30. The lowest BCUT2D eigenvalue weighted by Gasteiger charge is -2.17. The van der Waals surface area contributed by atoms with Crippen LogP contribution in [0.15, 0.2) is 42.5 Å². The molecule has 0 aliphatic carbocycles. The van der Waals surface area contributed by atoms with Gasteiger partial charge in [0.25, 0.3) is 0 Å². The molecule has 0 aromatic heterocycles. The molecular weight excluding hydrogens is 289 g/mol. The highest BCUT2D eigenvalue weighted by Crippen LogP contribution is 2.16. The van der Waals surface area contributed by atoms with Crippen molar-refractivity contribution >= 4 is 17.5 Å². The van der Waals surface area contributed by atoms with E-state index in [9.17, 15) is 9.18 Å². The van der Waals surface area contributed by atoms with Crippen molar-refractivity contribution in [2.75, 3.05) is 7.05 Å². The lowest BCUT2D eigenvalue weighted by Crippen LogP contribution is -2.28. The number of carbonyl (C=O) groups excluding carboxylic acids is 1. The summed E-state index contributed by atoms with van der Waals surface area (Å²) in [5, 5.41) is 0.330. The number of rotatable bonds is 4. The zero-order valence-electron chi connectivity index (χ0n) is 12.1. The maximum Gasteiger partial charge on any atom is 0.227 e. The number of halogens is 2. The maximum atomic E-state index is 13.7. The molecule has 2 aromatic carbocycles. The summed E-state index contributed by atoms with van der Waals surface area (Å²) in [5.74, 6) is -0.573. The number of carbonyl (C=O) groups is 1. The molecular formula is C17H17ClFNO. The summed E-state index contributed by atoms with van der Waals surface area (Å²) >= 11 is 5.70. The summed E-state index contributed by atoms with van der Waals surface area (Å²) in [6.45, 7) is 2.52. The first kappa shape index (κ1) is 15.5. The Morgan fingerprint density at radius 1 is 1.19 bits per heavy atom. The highest BCUT2D eigenvalue weighted by atomic mass is 35.5. The van der Waals surface area contributed by atoms with Crippen LogP contribution in [0.5, 0.6) is 0 Å². The summed E-state index contributed by atoms with van der Waals surface area (Å²) in [6, 6.07) is 12.4. The monoisotopic (exact) mass is 305 g/mol. The van der Waals surface area contributed by atoms with Gasteiger partial charge in [-0.15, -0.1) is 0 Å². The average Bonchev–Trinajstić information content (AvgIpc) is 2.44. The number of hydrogen-bond donors (Lipinski definition) is 0. The van der Waals surface area contributed by atoms with E-state index in [0.29, 0.717) is 17.1 Å². The Bertz CT molecular complexity index is 640. The SMILES string of the molecule is Cc1ccc(CN(C)C(=O)Cc2ccc(Cl)cc2F)cc1. The molecule has 0 spiro atoms. The second-order valence-electron chi connectivity index (χ2n) is 5.15. The third-order valence-electron chi connectivity index (χ3n) is 3.32. The van der Waals surface area contributed by atoms with Gasteiger partial charge in [0.05, 0.1) is 6.42 Å². The molecule has 0 unspecified atom stereocenters. The van der Waals surface area contributed by atoms with Crippen molar-refractivity contribution < 1.29 is 9.18 Å². The molecule has 0 bridgehead atoms. The van der Waals surface area contributed by atoms with E-state index in [1.165, 1.54) is 11.6 Å². The molecule has 0 radical (unpaired) electrons. The molecule has 2 rings (SSSR count). The molecule has 0 saturated heterocycles. The van der Waals surface area contributed by atoms with Crippen LogP contribution in [0.25, 0.3) is 0 Å². The Labute approximate surface area is 129 Å². The Kier molecular flexibility index (Phi) is 4.97. The van der Waals surface area contributed by atoms with Crippen molar-refractivity contribution in [1.29, 1.82) is 0 Å². The fourth-order valence-corrected chi connectivity index (χ4v) is 2.18. The molecule has 0 atom stereocenters. The van der Waals surface area contributed by atoms with E-state index < -0.39 is 5.82 Å². The van der Waals surface area contributed by atoms with Gasteiger partial charge in [-0.3, -0.25) is 4.79 Å². The summed E-state index contributed by atoms with van der Waals surface area (Å²) < 4.78 is 13.7. The minimum atomic E-state index is -0.445. The van der Waals surface area contributed by atoms with E-state index >= 15 is 0 Å². The first-order chi connectivity index (χ1) is 9.95. The zero-order chi connectivity index (χ0) is 15.4. The fourth-order valence-electron chi connectivity index (χ4n) is 2.02. The molecule has 0 fully saturated rings. The minimum absolute atomic E-state index is 0.0331. The molecule has 2 aromatic rings. The minimum Gasteiger partial charge on any atom is -0.341 e. The first-order valence-electron chi connectivity index (χ1n) is 6.69. The van der Waals surface area contributed by atoms with Crippen LogP contribution >= 0.6 is 11.6 Å². The van der Waals surface area contributed by atoms with Crippen molar-refractivity contribution in [3.63, 3.8) is 0 Å². The van der Waals surface area contributed by atoms with Crippen molar-refractivity contribution in [2.24, 2.45) is 0 Å². The van der Waals surface area contributed by atoms with E-state index in [0.717, 1.165) is 5.56 Å². The average molecular weight is 306 g/mol. The van der Waals surface area contributed by atoms with E-state index in [1.54, 1.807) is 24.1 Å². The van der Waals surface area contributed by atoms with Gasteiger partial charge in [-0.2, -0.15) is 0 Å². The molecule has 0 saturated carbocycles. The van der Waals surface area contributed by atoms with Gasteiger partial charge >= 0.3 is 0 Å². The number of benzene rings is 2. The molecule has 0 aliphatic rings. The van der Waals surface area contributed by atoms with Crippen LogP contribution in [0.2, 0.25) is 5.02 Å². The third-order valence-corrected chi connectivity index (χ3v) is 3.56. The predicted octanol–water partition coefficient (Wildman–Crippen LogP) is 3.99. The van der Waals surface area contributed by atoms with Crippen molar-refractivity contribution in [3.8, 4) is 0 Å². The summed E-state index contributed by atoms with van der Waals surface area (Å²) in [6.07, 6.45) is 0.0331. The second-order valence-corrected chi connectivity index (χ2v) is 5.58. The van der Waals surface area contributed by atoms with E-state index in [1.807, 2.05) is 31.2 Å². The fraction of sp³-hybridized carbons (Fsp3) is 0.235. The van der Waals surface area contributed by atoms with Gasteiger partial charge in [-0.05, 0) is 30.2 Å². The molecule has 110 valence electrons. The van der Waals surface area contributed by atoms with Gasteiger partial charge in [-0.25, -0.2) is 4.39 Å². The molecule has 4 heteroatoms. The van der Waals surface area contributed by atoms with Crippen molar-refractivity contribution in [1.82, 2.24) is 4.90 Å². The van der Waals surface area contributed by atoms with Crippen molar-refractivity contribution in [2.45, 2.75) is 19.9 Å². The third kappa shape index (κ3) is 4.30. The van der Waals surface area contributed by atoms with Crippen LogP contribution in [0.1, 0.15) is 16.7 Å². The largest absolute Gasteiger partial charge is 0.341 e. The van der Waals surface area contributed by atoms with Crippen molar-refractivity contribution in [3.05, 3.63) is 70.0 Å². The smallest absolute Gasteiger partial charge is 0.227 e. The van der Waals surface area contributed by atoms with Gasteiger partial charge in [0.2, 0.25) is 5.91 Å². The van der Waals surface area contributed by atoms with E-state index in [2.05, 4.69) is 0 Å². The Morgan fingerprint density at radius 3 is 2.48 bits per heavy atom. The number of amides is 1. The lowest BCUT2D eigenvalue weighted by molar-refractivity contribution is -0.129. The second kappa shape index (κ2) is 6.72. The predicted molar refractivity (Wildman–Crippen MR) is 82.8 cm³/mol. The van der Waals surface area contributed by atoms with Gasteiger partial charge in [0.1, 0.15) is 5.82 Å². The van der Waals surface area contributed by atoms with Gasteiger partial charge in [-0.1, -0.05) is 47.5 Å². The van der Waals surface area contributed by atoms with Crippen LogP contribution in [-0.4, -0.2) is 17.9 Å². The van der Waals surface area contributed by atoms with Crippen LogP contribution in [-0.2, 0) is 17.8 Å². The topological polar surface area (TPSA) is 20.3 Å². The molecule has 1 amide bonds. The van der Waals surface area contributed by atoms with E-state index in [4.69, 9.17) is 11.6 Å². The van der Waals surface area contributed by atoms with Crippen LogP contribution in [0, 0.1) is 12.7 Å². The summed E-state index contributed by atoms with van der Waals surface area (Å²) in [7, 11) is 1.72. The normalized spacial score (nSPS) is 10.5. The molecule has 2 nitrogen and oxygen atoms in total. The summed E-state index contributed by atoms with van der Waals surface area (Å²) in [5.41, 5.74) is 2.59. The Morgan fingerprint density at radius 2 is 1.86 bits per heavy atom. The standard InChI is InChI=1S/C17H17ClFNO/c1-12-3-5-13(6-4-12)11-20(2)17(21)9-14-7-8-15(18)10-16(14)19/h3-8,10H,9,11H2,1-2H3.